The number of benzene rings is 2. The minimum absolute atomic E-state index is 0.0661. The van der Waals surface area contributed by atoms with E-state index in [2.05, 4.69) is 24.0 Å². The van der Waals surface area contributed by atoms with Gasteiger partial charge in [-0.05, 0) is 42.2 Å². The topological polar surface area (TPSA) is 47.6 Å². The summed E-state index contributed by atoms with van der Waals surface area (Å²) in [6.07, 6.45) is 3.60. The standard InChI is InChI=1S/C20H21NO3/c1-3-12-24-18-11-9-15(13-19(18)23-2)20(22)21-17-10-8-14-6-4-5-7-16(14)17/h3-7,9,11,13,17H,1,8,10,12H2,2H3,(H,21,22). The molecule has 0 aliphatic heterocycles. The van der Waals surface area contributed by atoms with Crippen LogP contribution in [-0.4, -0.2) is 19.6 Å². The van der Waals surface area contributed by atoms with E-state index in [0.29, 0.717) is 23.7 Å². The van der Waals surface area contributed by atoms with Crippen molar-refractivity contribution in [3.8, 4) is 11.5 Å². The zero-order valence-electron chi connectivity index (χ0n) is 13.7. The van der Waals surface area contributed by atoms with Gasteiger partial charge in [0.05, 0.1) is 13.2 Å². The highest BCUT2D eigenvalue weighted by atomic mass is 16.5. The molecule has 1 aliphatic rings. The van der Waals surface area contributed by atoms with Crippen LogP contribution in [0.15, 0.2) is 55.1 Å². The Morgan fingerprint density at radius 3 is 2.92 bits per heavy atom. The molecule has 2 aromatic carbocycles. The number of nitrogens with one attached hydrogen (secondary N) is 1. The van der Waals surface area contributed by atoms with Crippen molar-refractivity contribution in [3.63, 3.8) is 0 Å². The van der Waals surface area contributed by atoms with Crippen molar-refractivity contribution in [1.29, 1.82) is 0 Å². The number of methoxy groups -OCH3 is 1. The van der Waals surface area contributed by atoms with Crippen LogP contribution in [0.3, 0.4) is 0 Å². The summed E-state index contributed by atoms with van der Waals surface area (Å²) in [5.41, 5.74) is 3.08. The van der Waals surface area contributed by atoms with Gasteiger partial charge in [0.25, 0.3) is 5.91 Å². The Morgan fingerprint density at radius 1 is 1.29 bits per heavy atom. The Hall–Kier alpha value is -2.75. The van der Waals surface area contributed by atoms with Gasteiger partial charge >= 0.3 is 0 Å². The van der Waals surface area contributed by atoms with E-state index >= 15 is 0 Å². The molecule has 0 spiro atoms. The van der Waals surface area contributed by atoms with Gasteiger partial charge in [-0.25, -0.2) is 0 Å². The lowest BCUT2D eigenvalue weighted by molar-refractivity contribution is 0.0936. The summed E-state index contributed by atoms with van der Waals surface area (Å²) < 4.78 is 10.8. The molecular weight excluding hydrogens is 302 g/mol. The summed E-state index contributed by atoms with van der Waals surface area (Å²) in [6, 6.07) is 13.5. The van der Waals surface area contributed by atoms with E-state index in [1.54, 1.807) is 31.4 Å². The Kier molecular flexibility index (Phi) is 4.85. The average molecular weight is 323 g/mol. The zero-order chi connectivity index (χ0) is 16.9. The third-order valence-corrected chi connectivity index (χ3v) is 4.22. The third-order valence-electron chi connectivity index (χ3n) is 4.22. The Balaban J connectivity index is 1.75. The summed E-state index contributed by atoms with van der Waals surface area (Å²) in [5, 5.41) is 3.11. The van der Waals surface area contributed by atoms with Gasteiger partial charge in [-0.3, -0.25) is 4.79 Å². The highest BCUT2D eigenvalue weighted by Crippen LogP contribution is 2.32. The zero-order valence-corrected chi connectivity index (χ0v) is 13.7. The second-order valence-electron chi connectivity index (χ2n) is 5.73. The highest BCUT2D eigenvalue weighted by molar-refractivity contribution is 5.95. The molecule has 0 fully saturated rings. The van der Waals surface area contributed by atoms with Gasteiger partial charge in [0.1, 0.15) is 6.61 Å². The maximum atomic E-state index is 12.6. The minimum Gasteiger partial charge on any atom is -0.493 e. The highest BCUT2D eigenvalue weighted by Gasteiger charge is 2.24. The fourth-order valence-electron chi connectivity index (χ4n) is 3.03. The SMILES string of the molecule is C=CCOc1ccc(C(=O)NC2CCc3ccccc32)cc1OC. The molecule has 1 N–H and O–H groups in total. The Labute approximate surface area is 142 Å². The summed E-state index contributed by atoms with van der Waals surface area (Å²) in [4.78, 5) is 12.6. The smallest absolute Gasteiger partial charge is 0.251 e. The van der Waals surface area contributed by atoms with Gasteiger partial charge in [-0.2, -0.15) is 0 Å². The van der Waals surface area contributed by atoms with Gasteiger partial charge in [0, 0.05) is 5.56 Å². The van der Waals surface area contributed by atoms with Crippen LogP contribution >= 0.6 is 0 Å². The molecule has 24 heavy (non-hydrogen) atoms. The number of rotatable bonds is 6. The van der Waals surface area contributed by atoms with Crippen LogP contribution in [0.5, 0.6) is 11.5 Å². The molecule has 1 aliphatic carbocycles. The average Bonchev–Trinajstić information content (AvgIpc) is 3.02. The van der Waals surface area contributed by atoms with Crippen molar-refractivity contribution in [3.05, 3.63) is 71.8 Å². The van der Waals surface area contributed by atoms with Gasteiger partial charge in [-0.15, -0.1) is 0 Å². The molecule has 0 saturated heterocycles. The van der Waals surface area contributed by atoms with Crippen LogP contribution in [0.1, 0.15) is 33.9 Å². The fourth-order valence-corrected chi connectivity index (χ4v) is 3.03. The number of carbonyl (C=O) groups is 1. The van der Waals surface area contributed by atoms with Crippen molar-refractivity contribution >= 4 is 5.91 Å². The molecular formula is C20H21NO3. The van der Waals surface area contributed by atoms with Crippen LogP contribution in [0.25, 0.3) is 0 Å². The van der Waals surface area contributed by atoms with Crippen LogP contribution in [0.4, 0.5) is 0 Å². The van der Waals surface area contributed by atoms with Crippen LogP contribution in [-0.2, 0) is 6.42 Å². The number of carbonyl (C=O) groups excluding carboxylic acids is 1. The Morgan fingerprint density at radius 2 is 2.12 bits per heavy atom. The summed E-state index contributed by atoms with van der Waals surface area (Å²) >= 11 is 0. The predicted octanol–water partition coefficient (Wildman–Crippen LogP) is 3.68. The van der Waals surface area contributed by atoms with E-state index in [0.717, 1.165) is 12.8 Å². The lowest BCUT2D eigenvalue weighted by atomic mass is 10.1. The van der Waals surface area contributed by atoms with Crippen molar-refractivity contribution in [1.82, 2.24) is 5.32 Å². The van der Waals surface area contributed by atoms with Crippen LogP contribution in [0, 0.1) is 0 Å². The number of hydrogen-bond acceptors (Lipinski definition) is 3. The summed E-state index contributed by atoms with van der Waals surface area (Å²) in [5.74, 6) is 1.03. The second kappa shape index (κ2) is 7.21. The van der Waals surface area contributed by atoms with Gasteiger partial charge < -0.3 is 14.8 Å². The van der Waals surface area contributed by atoms with Crippen molar-refractivity contribution in [2.24, 2.45) is 0 Å². The largest absolute Gasteiger partial charge is 0.493 e. The number of ether oxygens (including phenoxy) is 2. The molecule has 4 heteroatoms. The first-order chi connectivity index (χ1) is 11.7. The van der Waals surface area contributed by atoms with Crippen molar-refractivity contribution < 1.29 is 14.3 Å². The maximum absolute atomic E-state index is 12.6. The number of aryl methyl sites for hydroxylation is 1. The molecule has 1 unspecified atom stereocenters. The minimum atomic E-state index is -0.106. The molecule has 0 bridgehead atoms. The molecule has 1 amide bonds. The number of fused-ring (bicyclic) bond motifs is 1. The first-order valence-corrected chi connectivity index (χ1v) is 8.03. The van der Waals surface area contributed by atoms with Gasteiger partial charge in [0.15, 0.2) is 11.5 Å². The monoisotopic (exact) mass is 323 g/mol. The van der Waals surface area contributed by atoms with Crippen molar-refractivity contribution in [2.45, 2.75) is 18.9 Å². The first kappa shape index (κ1) is 16.1. The lowest BCUT2D eigenvalue weighted by Crippen LogP contribution is -2.27. The van der Waals surface area contributed by atoms with Crippen molar-refractivity contribution in [2.75, 3.05) is 13.7 Å². The second-order valence-corrected chi connectivity index (χ2v) is 5.73. The van der Waals surface area contributed by atoms with Gasteiger partial charge in [0.2, 0.25) is 0 Å². The van der Waals surface area contributed by atoms with Gasteiger partial charge in [-0.1, -0.05) is 36.9 Å². The lowest BCUT2D eigenvalue weighted by Gasteiger charge is -2.15. The number of amides is 1. The van der Waals surface area contributed by atoms with E-state index in [-0.39, 0.29) is 11.9 Å². The van der Waals surface area contributed by atoms with E-state index < -0.39 is 0 Å². The normalized spacial score (nSPS) is 15.5. The molecule has 3 rings (SSSR count). The third kappa shape index (κ3) is 3.27. The van der Waals surface area contributed by atoms with E-state index in [9.17, 15) is 4.79 Å². The molecule has 4 nitrogen and oxygen atoms in total. The summed E-state index contributed by atoms with van der Waals surface area (Å²) in [6.45, 7) is 4.01. The quantitative estimate of drug-likeness (QED) is 0.825. The van der Waals surface area contributed by atoms with Crippen LogP contribution < -0.4 is 14.8 Å². The molecule has 1 atom stereocenters. The van der Waals surface area contributed by atoms with Crippen LogP contribution in [0.2, 0.25) is 0 Å². The molecule has 0 heterocycles. The predicted molar refractivity (Wildman–Crippen MR) is 93.7 cm³/mol. The fraction of sp³-hybridized carbons (Fsp3) is 0.250. The first-order valence-electron chi connectivity index (χ1n) is 8.03. The molecule has 124 valence electrons. The molecule has 0 aromatic heterocycles. The maximum Gasteiger partial charge on any atom is 0.251 e. The van der Waals surface area contributed by atoms with E-state index in [1.165, 1.54) is 11.1 Å². The summed E-state index contributed by atoms with van der Waals surface area (Å²) in [7, 11) is 1.56. The Bertz CT molecular complexity index is 754. The molecule has 0 saturated carbocycles. The van der Waals surface area contributed by atoms with E-state index in [1.807, 2.05) is 12.1 Å². The molecule has 0 radical (unpaired) electrons. The van der Waals surface area contributed by atoms with E-state index in [4.69, 9.17) is 9.47 Å². The molecule has 2 aromatic rings. The number of hydrogen-bond donors (Lipinski definition) is 1.